The first kappa shape index (κ1) is 21.9. The maximum Gasteiger partial charge on any atom is 0.332 e. The Labute approximate surface area is 178 Å². The molecule has 0 aliphatic heterocycles. The van der Waals surface area contributed by atoms with Crippen molar-refractivity contribution in [3.63, 3.8) is 0 Å². The summed E-state index contributed by atoms with van der Waals surface area (Å²) in [5, 5.41) is 14.4. The quantitative estimate of drug-likeness (QED) is 0.557. The molecule has 3 aromatic rings. The number of halogens is 1. The minimum absolute atomic E-state index is 0.0109. The molecule has 10 heteroatoms. The highest BCUT2D eigenvalue weighted by atomic mass is 35.5. The zero-order valence-electron chi connectivity index (χ0n) is 17.4. The van der Waals surface area contributed by atoms with Crippen molar-refractivity contribution < 1.29 is 9.84 Å². The molecular weight excluding hydrogens is 410 g/mol. The number of nitrogens with zero attached hydrogens (tertiary/aromatic N) is 4. The average Bonchev–Trinajstić information content (AvgIpc) is 3.07. The minimum Gasteiger partial charge on any atom is -0.491 e. The second-order valence-corrected chi connectivity index (χ2v) is 8.05. The highest BCUT2D eigenvalue weighted by Gasteiger charge is 2.21. The van der Waals surface area contributed by atoms with Gasteiger partial charge in [0.25, 0.3) is 5.56 Å². The molecule has 0 aliphatic carbocycles. The van der Waals surface area contributed by atoms with Crippen LogP contribution < -0.4 is 21.3 Å². The molecule has 3 rings (SSSR count). The fourth-order valence-electron chi connectivity index (χ4n) is 3.04. The normalized spacial score (nSPS) is 12.5. The van der Waals surface area contributed by atoms with E-state index in [2.05, 4.69) is 10.3 Å². The first-order valence-electron chi connectivity index (χ1n) is 9.65. The number of anilines is 1. The lowest BCUT2D eigenvalue weighted by Crippen LogP contribution is -2.38. The van der Waals surface area contributed by atoms with E-state index in [4.69, 9.17) is 16.3 Å². The fraction of sp³-hybridized carbons (Fsp3) is 0.450. The van der Waals surface area contributed by atoms with Crippen molar-refractivity contribution in [1.29, 1.82) is 0 Å². The summed E-state index contributed by atoms with van der Waals surface area (Å²) in [5.41, 5.74) is -0.417. The number of aryl methyl sites for hydroxylation is 1. The molecule has 2 aromatic heterocycles. The predicted molar refractivity (Wildman–Crippen MR) is 116 cm³/mol. The molecule has 1 atom stereocenters. The lowest BCUT2D eigenvalue weighted by molar-refractivity contribution is 0.0938. The van der Waals surface area contributed by atoms with Crippen LogP contribution in [-0.4, -0.2) is 43.0 Å². The minimum atomic E-state index is -0.917. The van der Waals surface area contributed by atoms with Crippen LogP contribution in [0.4, 0.5) is 5.95 Å². The molecule has 162 valence electrons. The number of imidazole rings is 1. The van der Waals surface area contributed by atoms with E-state index in [1.54, 1.807) is 35.9 Å². The van der Waals surface area contributed by atoms with Gasteiger partial charge in [-0.3, -0.25) is 13.9 Å². The summed E-state index contributed by atoms with van der Waals surface area (Å²) in [4.78, 5) is 29.5. The monoisotopic (exact) mass is 435 g/mol. The van der Waals surface area contributed by atoms with Gasteiger partial charge in [-0.1, -0.05) is 25.4 Å². The first-order chi connectivity index (χ1) is 14.2. The topological polar surface area (TPSA) is 103 Å². The number of aliphatic hydroxyl groups is 1. The number of nitrogens with one attached hydrogen (secondary N) is 1. The van der Waals surface area contributed by atoms with Gasteiger partial charge in [0.2, 0.25) is 5.95 Å². The van der Waals surface area contributed by atoms with Gasteiger partial charge in [-0.05, 0) is 30.2 Å². The van der Waals surface area contributed by atoms with Crippen molar-refractivity contribution in [1.82, 2.24) is 18.7 Å². The van der Waals surface area contributed by atoms with Gasteiger partial charge in [0, 0.05) is 25.7 Å². The second kappa shape index (κ2) is 8.93. The number of rotatable bonds is 8. The molecule has 0 spiro atoms. The van der Waals surface area contributed by atoms with Crippen molar-refractivity contribution in [2.75, 3.05) is 18.5 Å². The van der Waals surface area contributed by atoms with Gasteiger partial charge in [0.15, 0.2) is 11.2 Å². The fourth-order valence-corrected chi connectivity index (χ4v) is 3.17. The summed E-state index contributed by atoms with van der Waals surface area (Å²) in [6.45, 7) is 4.79. The molecule has 0 amide bonds. The Hall–Kier alpha value is -2.78. The van der Waals surface area contributed by atoms with Crippen LogP contribution in [0.1, 0.15) is 13.8 Å². The number of fused-ring (bicyclic) bond motifs is 1. The Kier molecular flexibility index (Phi) is 6.52. The lowest BCUT2D eigenvalue weighted by atomic mass is 10.2. The Bertz CT molecular complexity index is 1150. The maximum absolute atomic E-state index is 12.8. The van der Waals surface area contributed by atoms with Gasteiger partial charge < -0.3 is 19.7 Å². The van der Waals surface area contributed by atoms with Gasteiger partial charge in [-0.2, -0.15) is 4.98 Å². The van der Waals surface area contributed by atoms with Gasteiger partial charge in [-0.15, -0.1) is 0 Å². The van der Waals surface area contributed by atoms with Crippen LogP contribution in [0, 0.1) is 5.92 Å². The van der Waals surface area contributed by atoms with E-state index in [-0.39, 0.29) is 24.3 Å². The molecule has 0 saturated carbocycles. The Balaban J connectivity index is 1.93. The second-order valence-electron chi connectivity index (χ2n) is 7.62. The summed E-state index contributed by atoms with van der Waals surface area (Å²) >= 11 is 5.87. The molecule has 2 heterocycles. The van der Waals surface area contributed by atoms with Gasteiger partial charge in [0.05, 0.1) is 6.54 Å². The van der Waals surface area contributed by atoms with E-state index in [9.17, 15) is 14.7 Å². The Morgan fingerprint density at radius 3 is 2.47 bits per heavy atom. The van der Waals surface area contributed by atoms with Gasteiger partial charge in [0.1, 0.15) is 18.5 Å². The van der Waals surface area contributed by atoms with Gasteiger partial charge >= 0.3 is 5.69 Å². The van der Waals surface area contributed by atoms with E-state index in [1.165, 1.54) is 11.6 Å². The van der Waals surface area contributed by atoms with Crippen LogP contribution in [0.15, 0.2) is 33.9 Å². The standard InChI is InChI=1S/C20H26ClN5O4/c1-12(2)9-22-19-23-17-16(18(28)25(4)20(29)24(17)3)26(19)10-14(27)11-30-15-7-5-13(21)6-8-15/h5-8,12,14,27H,9-11H2,1-4H3,(H,22,23). The SMILES string of the molecule is CC(C)CNc1nc2c(c(=O)n(C)c(=O)n2C)n1CC(O)COc1ccc(Cl)cc1. The maximum atomic E-state index is 12.8. The van der Waals surface area contributed by atoms with Crippen molar-refractivity contribution >= 4 is 28.7 Å². The number of benzene rings is 1. The largest absolute Gasteiger partial charge is 0.491 e. The summed E-state index contributed by atoms with van der Waals surface area (Å²) in [5.74, 6) is 1.33. The van der Waals surface area contributed by atoms with Crippen LogP contribution >= 0.6 is 11.6 Å². The van der Waals surface area contributed by atoms with Crippen LogP contribution in [0.5, 0.6) is 5.75 Å². The van der Waals surface area contributed by atoms with Crippen molar-refractivity contribution in [3.05, 3.63) is 50.1 Å². The van der Waals surface area contributed by atoms with Crippen LogP contribution in [0.3, 0.4) is 0 Å². The third-order valence-electron chi connectivity index (χ3n) is 4.67. The predicted octanol–water partition coefficient (Wildman–Crippen LogP) is 1.59. The Morgan fingerprint density at radius 2 is 1.83 bits per heavy atom. The van der Waals surface area contributed by atoms with Crippen molar-refractivity contribution in [2.45, 2.75) is 26.5 Å². The molecule has 0 fully saturated rings. The summed E-state index contributed by atoms with van der Waals surface area (Å²) in [6.07, 6.45) is -0.917. The van der Waals surface area contributed by atoms with E-state index in [0.717, 1.165) is 4.57 Å². The van der Waals surface area contributed by atoms with Gasteiger partial charge in [-0.25, -0.2) is 4.79 Å². The summed E-state index contributed by atoms with van der Waals surface area (Å²) < 4.78 is 9.58. The first-order valence-corrected chi connectivity index (χ1v) is 10.0. The molecule has 0 bridgehead atoms. The number of hydrogen-bond donors (Lipinski definition) is 2. The average molecular weight is 436 g/mol. The molecule has 9 nitrogen and oxygen atoms in total. The van der Waals surface area contributed by atoms with Crippen LogP contribution in [0.25, 0.3) is 11.2 Å². The smallest absolute Gasteiger partial charge is 0.332 e. The molecular formula is C20H26ClN5O4. The van der Waals surface area contributed by atoms with Crippen LogP contribution in [0.2, 0.25) is 5.02 Å². The molecule has 0 radical (unpaired) electrons. The zero-order chi connectivity index (χ0) is 22.0. The lowest BCUT2D eigenvalue weighted by Gasteiger charge is -2.16. The summed E-state index contributed by atoms with van der Waals surface area (Å²) in [7, 11) is 2.98. The molecule has 1 aromatic carbocycles. The number of ether oxygens (including phenoxy) is 1. The number of hydrogen-bond acceptors (Lipinski definition) is 6. The number of aliphatic hydroxyl groups excluding tert-OH is 1. The van der Waals surface area contributed by atoms with Crippen LogP contribution in [-0.2, 0) is 20.6 Å². The van der Waals surface area contributed by atoms with Crippen molar-refractivity contribution in [3.8, 4) is 5.75 Å². The third-order valence-corrected chi connectivity index (χ3v) is 4.92. The van der Waals surface area contributed by atoms with Crippen molar-refractivity contribution in [2.24, 2.45) is 20.0 Å². The highest BCUT2D eigenvalue weighted by molar-refractivity contribution is 6.30. The molecule has 0 aliphatic rings. The molecule has 0 saturated heterocycles. The highest BCUT2D eigenvalue weighted by Crippen LogP contribution is 2.18. The third kappa shape index (κ3) is 4.52. The molecule has 2 N–H and O–H groups in total. The number of aromatic nitrogens is 4. The van der Waals surface area contributed by atoms with E-state index >= 15 is 0 Å². The van der Waals surface area contributed by atoms with E-state index in [1.807, 2.05) is 13.8 Å². The Morgan fingerprint density at radius 1 is 1.17 bits per heavy atom. The molecule has 1 unspecified atom stereocenters. The van der Waals surface area contributed by atoms with E-state index in [0.29, 0.717) is 29.2 Å². The zero-order valence-corrected chi connectivity index (χ0v) is 18.2. The summed E-state index contributed by atoms with van der Waals surface area (Å²) in [6, 6.07) is 6.82. The molecule has 30 heavy (non-hydrogen) atoms. The van der Waals surface area contributed by atoms with E-state index < -0.39 is 17.4 Å².